The van der Waals surface area contributed by atoms with E-state index in [-0.39, 0.29) is 5.56 Å². The lowest BCUT2D eigenvalue weighted by Crippen LogP contribution is -2.08. The van der Waals surface area contributed by atoms with Crippen molar-refractivity contribution in [1.29, 1.82) is 0 Å². The summed E-state index contributed by atoms with van der Waals surface area (Å²) >= 11 is 0. The van der Waals surface area contributed by atoms with Crippen LogP contribution < -0.4 is 5.32 Å². The average Bonchev–Trinajstić information content (AvgIpc) is 2.72. The van der Waals surface area contributed by atoms with Gasteiger partial charge in [0.25, 0.3) is 0 Å². The number of rotatable bonds is 4. The molecule has 0 fully saturated rings. The maximum Gasteiger partial charge on any atom is 0.339 e. The van der Waals surface area contributed by atoms with Crippen LogP contribution in [-0.4, -0.2) is 26.2 Å². The predicted molar refractivity (Wildman–Crippen MR) is 62.3 cm³/mol. The zero-order chi connectivity index (χ0) is 13.1. The maximum absolute atomic E-state index is 11.0. The summed E-state index contributed by atoms with van der Waals surface area (Å²) in [7, 11) is 0. The molecule has 2 aromatic heterocycles. The zero-order valence-corrected chi connectivity index (χ0v) is 9.97. The first-order valence-corrected chi connectivity index (χ1v) is 5.29. The summed E-state index contributed by atoms with van der Waals surface area (Å²) in [6.07, 6.45) is 1.32. The van der Waals surface area contributed by atoms with E-state index in [1.165, 1.54) is 6.20 Å². The van der Waals surface area contributed by atoms with E-state index in [2.05, 4.69) is 20.4 Å². The fourth-order valence-electron chi connectivity index (χ4n) is 1.46. The van der Waals surface area contributed by atoms with E-state index in [1.807, 2.05) is 0 Å². The minimum Gasteiger partial charge on any atom is -0.478 e. The van der Waals surface area contributed by atoms with Crippen LogP contribution in [0.25, 0.3) is 0 Å². The second-order valence-corrected chi connectivity index (χ2v) is 3.76. The number of nitrogens with zero attached hydrogens (tertiary/aromatic N) is 3. The Morgan fingerprint density at radius 2 is 2.28 bits per heavy atom. The number of pyridine rings is 1. The number of aromatic nitrogens is 3. The molecule has 7 nitrogen and oxygen atoms in total. The van der Waals surface area contributed by atoms with Crippen LogP contribution in [-0.2, 0) is 6.54 Å². The molecule has 0 atom stereocenters. The molecule has 0 unspecified atom stereocenters. The highest BCUT2D eigenvalue weighted by Gasteiger charge is 2.11. The Balaban J connectivity index is 2.17. The summed E-state index contributed by atoms with van der Waals surface area (Å²) in [5, 5.41) is 15.7. The molecule has 2 rings (SSSR count). The highest BCUT2D eigenvalue weighted by molar-refractivity contribution is 5.93. The summed E-state index contributed by atoms with van der Waals surface area (Å²) < 4.78 is 4.82. The summed E-state index contributed by atoms with van der Waals surface area (Å²) in [5.41, 5.74) is 1.32. The lowest BCUT2D eigenvalue weighted by atomic mass is 10.2. The molecular weight excluding hydrogens is 236 g/mol. The quantitative estimate of drug-likeness (QED) is 0.842. The summed E-state index contributed by atoms with van der Waals surface area (Å²) in [6, 6.07) is 1.66. The Hall–Kier alpha value is -2.44. The van der Waals surface area contributed by atoms with Crippen LogP contribution >= 0.6 is 0 Å². The van der Waals surface area contributed by atoms with Gasteiger partial charge in [0.05, 0.1) is 12.2 Å². The van der Waals surface area contributed by atoms with Crippen molar-refractivity contribution < 1.29 is 14.4 Å². The normalized spacial score (nSPS) is 10.3. The lowest BCUT2D eigenvalue weighted by molar-refractivity contribution is 0.0697. The van der Waals surface area contributed by atoms with Gasteiger partial charge in [0, 0.05) is 18.8 Å². The molecule has 2 aromatic rings. The monoisotopic (exact) mass is 248 g/mol. The van der Waals surface area contributed by atoms with E-state index in [1.54, 1.807) is 19.9 Å². The van der Waals surface area contributed by atoms with E-state index in [4.69, 9.17) is 9.63 Å². The number of hydrogen-bond acceptors (Lipinski definition) is 6. The van der Waals surface area contributed by atoms with Gasteiger partial charge >= 0.3 is 5.97 Å². The van der Waals surface area contributed by atoms with Crippen molar-refractivity contribution in [3.63, 3.8) is 0 Å². The van der Waals surface area contributed by atoms with Crippen molar-refractivity contribution in [1.82, 2.24) is 15.1 Å². The van der Waals surface area contributed by atoms with Gasteiger partial charge in [-0.2, -0.15) is 4.98 Å². The molecule has 94 valence electrons. The van der Waals surface area contributed by atoms with Gasteiger partial charge in [-0.1, -0.05) is 5.16 Å². The number of hydrogen-bond donors (Lipinski definition) is 2. The molecule has 7 heteroatoms. The van der Waals surface area contributed by atoms with E-state index in [0.29, 0.717) is 23.9 Å². The van der Waals surface area contributed by atoms with Crippen molar-refractivity contribution in [3.05, 3.63) is 35.2 Å². The first-order valence-electron chi connectivity index (χ1n) is 5.29. The van der Waals surface area contributed by atoms with Crippen LogP contribution in [0.5, 0.6) is 0 Å². The highest BCUT2D eigenvalue weighted by atomic mass is 16.5. The third-order valence-electron chi connectivity index (χ3n) is 2.28. The first-order chi connectivity index (χ1) is 8.56. The minimum atomic E-state index is -1.03. The smallest absolute Gasteiger partial charge is 0.339 e. The maximum atomic E-state index is 11.0. The van der Waals surface area contributed by atoms with Crippen LogP contribution in [0.2, 0.25) is 0 Å². The number of aromatic carboxylic acids is 1. The number of carbonyl (C=O) groups is 1. The highest BCUT2D eigenvalue weighted by Crippen LogP contribution is 2.16. The lowest BCUT2D eigenvalue weighted by Gasteiger charge is -2.07. The topological polar surface area (TPSA) is 101 Å². The molecule has 0 bridgehead atoms. The number of nitrogens with one attached hydrogen (secondary N) is 1. The molecular formula is C11H12N4O3. The molecule has 0 saturated heterocycles. The summed E-state index contributed by atoms with van der Waals surface area (Å²) in [5.74, 6) is -0.0937. The van der Waals surface area contributed by atoms with Gasteiger partial charge in [-0.25, -0.2) is 4.79 Å². The molecule has 0 spiro atoms. The second kappa shape index (κ2) is 4.82. The van der Waals surface area contributed by atoms with Crippen molar-refractivity contribution in [2.45, 2.75) is 20.4 Å². The van der Waals surface area contributed by atoms with Gasteiger partial charge < -0.3 is 14.9 Å². The van der Waals surface area contributed by atoms with Crippen molar-refractivity contribution in [3.8, 4) is 0 Å². The molecule has 2 heterocycles. The molecule has 2 N–H and O–H groups in total. The number of carboxylic acids is 1. The van der Waals surface area contributed by atoms with Crippen LogP contribution in [0.15, 0.2) is 16.8 Å². The van der Waals surface area contributed by atoms with Crippen LogP contribution in [0.3, 0.4) is 0 Å². The standard InChI is InChI=1S/C11H12N4O3/c1-6-3-9(8(4-12-6)11(16)17)13-5-10-14-7(2)18-15-10/h3-4H,5H2,1-2H3,(H,12,13)(H,16,17). The van der Waals surface area contributed by atoms with Crippen LogP contribution in [0, 0.1) is 13.8 Å². The van der Waals surface area contributed by atoms with Gasteiger partial charge in [-0.05, 0) is 13.0 Å². The summed E-state index contributed by atoms with van der Waals surface area (Å²) in [6.45, 7) is 3.77. The number of anilines is 1. The Morgan fingerprint density at radius 1 is 1.50 bits per heavy atom. The molecule has 0 saturated carbocycles. The molecule has 0 radical (unpaired) electrons. The van der Waals surface area contributed by atoms with Gasteiger partial charge in [-0.15, -0.1) is 0 Å². The average molecular weight is 248 g/mol. The third kappa shape index (κ3) is 2.62. The number of aryl methyl sites for hydroxylation is 2. The first kappa shape index (κ1) is 12.0. The van der Waals surface area contributed by atoms with E-state index in [9.17, 15) is 4.79 Å². The van der Waals surface area contributed by atoms with Crippen LogP contribution in [0.4, 0.5) is 5.69 Å². The second-order valence-electron chi connectivity index (χ2n) is 3.76. The largest absolute Gasteiger partial charge is 0.478 e. The number of carboxylic acid groups (broad SMARTS) is 1. The minimum absolute atomic E-state index is 0.112. The molecule has 0 aliphatic heterocycles. The predicted octanol–water partition coefficient (Wildman–Crippen LogP) is 1.39. The SMILES string of the molecule is Cc1cc(NCc2noc(C)n2)c(C(=O)O)cn1. The van der Waals surface area contributed by atoms with Crippen molar-refractivity contribution in [2.75, 3.05) is 5.32 Å². The Kier molecular flexibility index (Phi) is 3.22. The van der Waals surface area contributed by atoms with E-state index in [0.717, 1.165) is 5.69 Å². The Morgan fingerprint density at radius 3 is 2.89 bits per heavy atom. The van der Waals surface area contributed by atoms with E-state index >= 15 is 0 Å². The van der Waals surface area contributed by atoms with Gasteiger partial charge in [0.1, 0.15) is 5.56 Å². The van der Waals surface area contributed by atoms with Crippen molar-refractivity contribution in [2.24, 2.45) is 0 Å². The molecule has 0 aliphatic carbocycles. The zero-order valence-electron chi connectivity index (χ0n) is 9.97. The van der Waals surface area contributed by atoms with Gasteiger partial charge in [0.2, 0.25) is 5.89 Å². The molecule has 18 heavy (non-hydrogen) atoms. The fourth-order valence-corrected chi connectivity index (χ4v) is 1.46. The van der Waals surface area contributed by atoms with Gasteiger partial charge in [0.15, 0.2) is 5.82 Å². The van der Waals surface area contributed by atoms with Gasteiger partial charge in [-0.3, -0.25) is 4.98 Å². The van der Waals surface area contributed by atoms with Crippen molar-refractivity contribution >= 4 is 11.7 Å². The molecule has 0 aliphatic rings. The fraction of sp³-hybridized carbons (Fsp3) is 0.273. The summed E-state index contributed by atoms with van der Waals surface area (Å²) in [4.78, 5) is 19.0. The Bertz CT molecular complexity index is 579. The molecule has 0 amide bonds. The third-order valence-corrected chi connectivity index (χ3v) is 2.28. The van der Waals surface area contributed by atoms with E-state index < -0.39 is 5.97 Å². The van der Waals surface area contributed by atoms with Crippen LogP contribution in [0.1, 0.15) is 27.8 Å². The Labute approximate surface area is 103 Å². The molecule has 0 aromatic carbocycles.